The Morgan fingerprint density at radius 1 is 1.45 bits per heavy atom. The first kappa shape index (κ1) is 16.3. The quantitative estimate of drug-likeness (QED) is 0.492. The van der Waals surface area contributed by atoms with Crippen molar-refractivity contribution in [3.8, 4) is 6.07 Å². The number of carbonyl (C=O) groups is 1. The number of unbranched alkanes of at least 4 members (excludes halogenated alkanes) is 1. The lowest BCUT2D eigenvalue weighted by molar-refractivity contribution is 0.0497. The number of hydrogen-bond donors (Lipinski definition) is 1. The van der Waals surface area contributed by atoms with Gasteiger partial charge in [0.2, 0.25) is 0 Å². The van der Waals surface area contributed by atoms with Crippen LogP contribution in [-0.2, 0) is 4.74 Å². The van der Waals surface area contributed by atoms with Gasteiger partial charge in [0.25, 0.3) is 0 Å². The maximum Gasteiger partial charge on any atom is 0.340 e. The minimum atomic E-state index is -0.468. The summed E-state index contributed by atoms with van der Waals surface area (Å²) in [4.78, 5) is 11.8. The van der Waals surface area contributed by atoms with Gasteiger partial charge >= 0.3 is 5.97 Å². The molecule has 20 heavy (non-hydrogen) atoms. The number of nitrogen functional groups attached to an aromatic ring is 1. The van der Waals surface area contributed by atoms with Crippen LogP contribution in [0.5, 0.6) is 0 Å². The van der Waals surface area contributed by atoms with E-state index in [4.69, 9.17) is 27.3 Å². The zero-order chi connectivity index (χ0) is 15.2. The highest BCUT2D eigenvalue weighted by Crippen LogP contribution is 2.24. The molecule has 5 heteroatoms. The van der Waals surface area contributed by atoms with Crippen LogP contribution >= 0.6 is 11.6 Å². The first-order valence-electron chi connectivity index (χ1n) is 6.50. The lowest BCUT2D eigenvalue weighted by Crippen LogP contribution is -2.11. The van der Waals surface area contributed by atoms with Crippen LogP contribution in [0.3, 0.4) is 0 Å². The van der Waals surface area contributed by atoms with Gasteiger partial charge in [-0.05, 0) is 45.2 Å². The fourth-order valence-electron chi connectivity index (χ4n) is 1.68. The summed E-state index contributed by atoms with van der Waals surface area (Å²) in [5, 5.41) is 9.23. The summed E-state index contributed by atoms with van der Waals surface area (Å²) in [6.07, 6.45) is 2.33. The average molecular weight is 295 g/mol. The zero-order valence-corrected chi connectivity index (χ0v) is 12.5. The third-order valence-electron chi connectivity index (χ3n) is 3.00. The van der Waals surface area contributed by atoms with Crippen molar-refractivity contribution in [2.75, 3.05) is 12.3 Å². The normalized spacial score (nSPS) is 10.9. The van der Waals surface area contributed by atoms with Gasteiger partial charge in [0, 0.05) is 0 Å². The molecule has 4 nitrogen and oxygen atoms in total. The Bertz CT molecular complexity index is 521. The van der Waals surface area contributed by atoms with Gasteiger partial charge in [0.1, 0.15) is 0 Å². The largest absolute Gasteiger partial charge is 0.462 e. The number of nitrogens with zero attached hydrogens (tertiary/aromatic N) is 1. The molecule has 0 saturated carbocycles. The molecule has 0 saturated heterocycles. The maximum atomic E-state index is 11.8. The molecule has 1 rings (SSSR count). The second kappa shape index (κ2) is 7.16. The van der Waals surface area contributed by atoms with E-state index in [-0.39, 0.29) is 16.7 Å². The summed E-state index contributed by atoms with van der Waals surface area (Å²) < 4.78 is 5.15. The molecule has 0 fully saturated rings. The van der Waals surface area contributed by atoms with Crippen molar-refractivity contribution in [2.24, 2.45) is 5.41 Å². The third kappa shape index (κ3) is 4.75. The standard InChI is InChI=1S/C15H19ClN2O2/c1-15(2,10-17)8-3-4-9-20-14(19)11-6-5-7-12(16)13(11)18/h5-7H,3-4,8-9,18H2,1-2H3. The highest BCUT2D eigenvalue weighted by Gasteiger charge is 2.16. The Morgan fingerprint density at radius 2 is 2.15 bits per heavy atom. The number of anilines is 1. The third-order valence-corrected chi connectivity index (χ3v) is 3.33. The van der Waals surface area contributed by atoms with Gasteiger partial charge in [-0.15, -0.1) is 0 Å². The molecule has 0 unspecified atom stereocenters. The Morgan fingerprint density at radius 3 is 2.80 bits per heavy atom. The topological polar surface area (TPSA) is 76.1 Å². The molecule has 0 atom stereocenters. The van der Waals surface area contributed by atoms with Crippen molar-refractivity contribution in [3.05, 3.63) is 28.8 Å². The number of nitrogens with two attached hydrogens (primary N) is 1. The minimum Gasteiger partial charge on any atom is -0.462 e. The van der Waals surface area contributed by atoms with Gasteiger partial charge in [-0.2, -0.15) is 5.26 Å². The summed E-state index contributed by atoms with van der Waals surface area (Å²) in [6.45, 7) is 4.10. The number of para-hydroxylation sites is 1. The van der Waals surface area contributed by atoms with Crippen LogP contribution in [-0.4, -0.2) is 12.6 Å². The van der Waals surface area contributed by atoms with Crippen LogP contribution < -0.4 is 5.73 Å². The number of esters is 1. The van der Waals surface area contributed by atoms with E-state index in [1.165, 1.54) is 0 Å². The lowest BCUT2D eigenvalue weighted by Gasteiger charge is -2.14. The number of hydrogen-bond acceptors (Lipinski definition) is 4. The maximum absolute atomic E-state index is 11.8. The Labute approximate surface area is 124 Å². The molecule has 0 aromatic heterocycles. The van der Waals surface area contributed by atoms with E-state index in [0.717, 1.165) is 19.3 Å². The Balaban J connectivity index is 2.38. The molecular weight excluding hydrogens is 276 g/mol. The summed E-state index contributed by atoms with van der Waals surface area (Å²) >= 11 is 5.84. The van der Waals surface area contributed by atoms with Gasteiger partial charge in [-0.3, -0.25) is 0 Å². The lowest BCUT2D eigenvalue weighted by atomic mass is 9.89. The molecule has 0 aliphatic heterocycles. The van der Waals surface area contributed by atoms with Crippen molar-refractivity contribution >= 4 is 23.3 Å². The molecular formula is C15H19ClN2O2. The monoisotopic (exact) mass is 294 g/mol. The molecule has 0 amide bonds. The number of halogens is 1. The van der Waals surface area contributed by atoms with Crippen molar-refractivity contribution in [2.45, 2.75) is 33.1 Å². The molecule has 0 aliphatic carbocycles. The second-order valence-electron chi connectivity index (χ2n) is 5.29. The van der Waals surface area contributed by atoms with Crippen LogP contribution in [0, 0.1) is 16.7 Å². The van der Waals surface area contributed by atoms with Gasteiger partial charge in [-0.1, -0.05) is 17.7 Å². The van der Waals surface area contributed by atoms with Gasteiger partial charge in [-0.25, -0.2) is 4.79 Å². The van der Waals surface area contributed by atoms with Crippen molar-refractivity contribution in [1.82, 2.24) is 0 Å². The predicted molar refractivity (Wildman–Crippen MR) is 79.4 cm³/mol. The van der Waals surface area contributed by atoms with E-state index in [1.807, 2.05) is 13.8 Å². The smallest absolute Gasteiger partial charge is 0.340 e. The average Bonchev–Trinajstić information content (AvgIpc) is 2.41. The summed E-state index contributed by atoms with van der Waals surface area (Å²) in [5.41, 5.74) is 5.92. The first-order chi connectivity index (χ1) is 9.37. The van der Waals surface area contributed by atoms with E-state index in [0.29, 0.717) is 11.6 Å². The van der Waals surface area contributed by atoms with Crippen LogP contribution in [0.4, 0.5) is 5.69 Å². The molecule has 1 aromatic carbocycles. The molecule has 0 radical (unpaired) electrons. The highest BCUT2D eigenvalue weighted by molar-refractivity contribution is 6.33. The number of carbonyl (C=O) groups excluding carboxylic acids is 1. The van der Waals surface area contributed by atoms with Gasteiger partial charge in [0.05, 0.1) is 34.4 Å². The number of nitriles is 1. The molecule has 0 aliphatic rings. The Kier molecular flexibility index (Phi) is 5.84. The van der Waals surface area contributed by atoms with Crippen molar-refractivity contribution < 1.29 is 9.53 Å². The first-order valence-corrected chi connectivity index (χ1v) is 6.87. The number of rotatable bonds is 6. The highest BCUT2D eigenvalue weighted by atomic mass is 35.5. The number of ether oxygens (including phenoxy) is 1. The van der Waals surface area contributed by atoms with E-state index in [1.54, 1.807) is 18.2 Å². The van der Waals surface area contributed by atoms with Crippen LogP contribution in [0.1, 0.15) is 43.5 Å². The fourth-order valence-corrected chi connectivity index (χ4v) is 1.86. The predicted octanol–water partition coefficient (Wildman–Crippen LogP) is 3.80. The van der Waals surface area contributed by atoms with Crippen LogP contribution in [0.15, 0.2) is 18.2 Å². The van der Waals surface area contributed by atoms with Crippen LogP contribution in [0.25, 0.3) is 0 Å². The van der Waals surface area contributed by atoms with Crippen molar-refractivity contribution in [1.29, 1.82) is 5.26 Å². The summed E-state index contributed by atoms with van der Waals surface area (Å²) in [6, 6.07) is 7.11. The van der Waals surface area contributed by atoms with E-state index >= 15 is 0 Å². The van der Waals surface area contributed by atoms with E-state index < -0.39 is 5.97 Å². The molecule has 108 valence electrons. The Hall–Kier alpha value is -1.73. The van der Waals surface area contributed by atoms with E-state index in [2.05, 4.69) is 6.07 Å². The van der Waals surface area contributed by atoms with Crippen LogP contribution in [0.2, 0.25) is 5.02 Å². The molecule has 1 aromatic rings. The molecule has 2 N–H and O–H groups in total. The van der Waals surface area contributed by atoms with E-state index in [9.17, 15) is 4.79 Å². The molecule has 0 heterocycles. The number of benzene rings is 1. The summed E-state index contributed by atoms with van der Waals surface area (Å²) in [5.74, 6) is -0.468. The summed E-state index contributed by atoms with van der Waals surface area (Å²) in [7, 11) is 0. The van der Waals surface area contributed by atoms with Crippen molar-refractivity contribution in [3.63, 3.8) is 0 Å². The second-order valence-corrected chi connectivity index (χ2v) is 5.70. The van der Waals surface area contributed by atoms with Gasteiger partial charge < -0.3 is 10.5 Å². The molecule has 0 spiro atoms. The minimum absolute atomic E-state index is 0.241. The SMILES string of the molecule is CC(C)(C#N)CCCCOC(=O)c1cccc(Cl)c1N. The van der Waals surface area contributed by atoms with Gasteiger partial charge in [0.15, 0.2) is 0 Å². The molecule has 0 bridgehead atoms. The fraction of sp³-hybridized carbons (Fsp3) is 0.467. The zero-order valence-electron chi connectivity index (χ0n) is 11.8.